The van der Waals surface area contributed by atoms with Gasteiger partial charge in [-0.3, -0.25) is 0 Å². The molecular weight excluding hydrogens is 278 g/mol. The van der Waals surface area contributed by atoms with Crippen LogP contribution < -0.4 is 9.64 Å². The van der Waals surface area contributed by atoms with Crippen molar-refractivity contribution in [1.29, 1.82) is 5.26 Å². The van der Waals surface area contributed by atoms with E-state index in [-0.39, 0.29) is 6.04 Å². The van der Waals surface area contributed by atoms with Crippen LogP contribution in [0.4, 0.5) is 5.69 Å². The van der Waals surface area contributed by atoms with Crippen molar-refractivity contribution in [3.63, 3.8) is 0 Å². The van der Waals surface area contributed by atoms with Crippen molar-refractivity contribution < 1.29 is 9.84 Å². The Hall–Kier alpha value is -2.58. The van der Waals surface area contributed by atoms with E-state index < -0.39 is 6.10 Å². The molecule has 0 bridgehead atoms. The number of ether oxygens (including phenoxy) is 1. The predicted molar refractivity (Wildman–Crippen MR) is 82.7 cm³/mol. The molecule has 0 amide bonds. The van der Waals surface area contributed by atoms with Gasteiger partial charge in [0.25, 0.3) is 0 Å². The van der Waals surface area contributed by atoms with Gasteiger partial charge in [0.05, 0.1) is 19.3 Å². The molecule has 1 aromatic heterocycles. The fourth-order valence-corrected chi connectivity index (χ4v) is 2.92. The van der Waals surface area contributed by atoms with Crippen LogP contribution in [0.25, 0.3) is 0 Å². The quantitative estimate of drug-likeness (QED) is 0.940. The molecule has 2 unspecified atom stereocenters. The number of nitriles is 1. The molecule has 0 saturated carbocycles. The van der Waals surface area contributed by atoms with Crippen molar-refractivity contribution in [1.82, 2.24) is 4.98 Å². The Morgan fingerprint density at radius 1 is 1.36 bits per heavy atom. The third-order valence-electron chi connectivity index (χ3n) is 3.95. The number of methoxy groups -OCH3 is 1. The maximum Gasteiger partial charge on any atom is 0.142 e. The van der Waals surface area contributed by atoms with Gasteiger partial charge in [0.2, 0.25) is 0 Å². The van der Waals surface area contributed by atoms with E-state index in [0.717, 1.165) is 17.0 Å². The molecule has 0 spiro atoms. The monoisotopic (exact) mass is 295 g/mol. The number of hydrogen-bond donors (Lipinski definition) is 1. The molecule has 0 aliphatic carbocycles. The first-order valence-electron chi connectivity index (χ1n) is 7.16. The summed E-state index contributed by atoms with van der Waals surface area (Å²) in [4.78, 5) is 6.12. The number of β-amino-alcohol motifs (C(OH)–C–C–N with tert-alkyl or cyclic N) is 1. The summed E-state index contributed by atoms with van der Waals surface area (Å²) in [6, 6.07) is 13.6. The van der Waals surface area contributed by atoms with E-state index in [1.165, 1.54) is 0 Å². The topological polar surface area (TPSA) is 69.4 Å². The zero-order chi connectivity index (χ0) is 15.5. The molecule has 1 aliphatic rings. The molecule has 1 aromatic carbocycles. The van der Waals surface area contributed by atoms with Crippen molar-refractivity contribution in [2.45, 2.75) is 18.6 Å². The number of anilines is 1. The SMILES string of the molecule is COc1cccc(C2CC(O)CN2c2ccnc(C#N)c2)c1. The van der Waals surface area contributed by atoms with Crippen LogP contribution in [0.3, 0.4) is 0 Å². The predicted octanol–water partition coefficient (Wildman–Crippen LogP) is 2.27. The molecule has 1 saturated heterocycles. The first kappa shape index (κ1) is 14.4. The van der Waals surface area contributed by atoms with Gasteiger partial charge in [0.15, 0.2) is 0 Å². The molecule has 112 valence electrons. The summed E-state index contributed by atoms with van der Waals surface area (Å²) in [5.74, 6) is 0.797. The lowest BCUT2D eigenvalue weighted by Crippen LogP contribution is -2.24. The molecule has 0 radical (unpaired) electrons. The largest absolute Gasteiger partial charge is 0.497 e. The standard InChI is InChI=1S/C17H17N3O2/c1-22-16-4-2-3-12(7-16)17-9-15(21)11-20(17)14-5-6-19-13(8-14)10-18/h2-8,15,17,21H,9,11H2,1H3. The number of pyridine rings is 1. The van der Waals surface area contributed by atoms with Crippen LogP contribution in [-0.2, 0) is 0 Å². The molecule has 2 atom stereocenters. The lowest BCUT2D eigenvalue weighted by atomic mass is 10.0. The molecule has 22 heavy (non-hydrogen) atoms. The normalized spacial score (nSPS) is 20.7. The lowest BCUT2D eigenvalue weighted by molar-refractivity contribution is 0.194. The summed E-state index contributed by atoms with van der Waals surface area (Å²) in [6.07, 6.45) is 1.88. The van der Waals surface area contributed by atoms with Gasteiger partial charge in [-0.05, 0) is 36.2 Å². The van der Waals surface area contributed by atoms with Crippen LogP contribution in [0.1, 0.15) is 23.7 Å². The molecule has 1 aliphatic heterocycles. The number of aliphatic hydroxyl groups is 1. The number of benzene rings is 1. The first-order chi connectivity index (χ1) is 10.7. The van der Waals surface area contributed by atoms with E-state index in [4.69, 9.17) is 10.00 Å². The highest BCUT2D eigenvalue weighted by molar-refractivity contribution is 5.53. The van der Waals surface area contributed by atoms with Crippen molar-refractivity contribution in [2.24, 2.45) is 0 Å². The lowest BCUT2D eigenvalue weighted by Gasteiger charge is -2.27. The Morgan fingerprint density at radius 2 is 2.23 bits per heavy atom. The van der Waals surface area contributed by atoms with Gasteiger partial charge in [0.1, 0.15) is 17.5 Å². The Bertz CT molecular complexity index is 711. The second-order valence-corrected chi connectivity index (χ2v) is 5.35. The minimum Gasteiger partial charge on any atom is -0.497 e. The van der Waals surface area contributed by atoms with Gasteiger partial charge >= 0.3 is 0 Å². The van der Waals surface area contributed by atoms with Gasteiger partial charge in [-0.2, -0.15) is 5.26 Å². The van der Waals surface area contributed by atoms with Crippen LogP contribution in [-0.4, -0.2) is 29.8 Å². The zero-order valence-corrected chi connectivity index (χ0v) is 12.3. The van der Waals surface area contributed by atoms with E-state index in [1.807, 2.05) is 30.3 Å². The maximum atomic E-state index is 10.1. The Kier molecular flexibility index (Phi) is 3.94. The van der Waals surface area contributed by atoms with Gasteiger partial charge < -0.3 is 14.7 Å². The third kappa shape index (κ3) is 2.74. The van der Waals surface area contributed by atoms with Crippen LogP contribution in [0.5, 0.6) is 5.75 Å². The van der Waals surface area contributed by atoms with E-state index >= 15 is 0 Å². The fraction of sp³-hybridized carbons (Fsp3) is 0.294. The molecule has 1 fully saturated rings. The summed E-state index contributed by atoms with van der Waals surface area (Å²) in [6.45, 7) is 0.538. The minimum absolute atomic E-state index is 0.0547. The molecular formula is C17H17N3O2. The van der Waals surface area contributed by atoms with Crippen LogP contribution in [0.15, 0.2) is 42.6 Å². The molecule has 2 aromatic rings. The summed E-state index contributed by atoms with van der Waals surface area (Å²) in [5.41, 5.74) is 2.37. The second kappa shape index (κ2) is 6.04. The highest BCUT2D eigenvalue weighted by atomic mass is 16.5. The molecule has 3 rings (SSSR count). The van der Waals surface area contributed by atoms with E-state index in [0.29, 0.717) is 18.7 Å². The number of nitrogens with zero attached hydrogens (tertiary/aromatic N) is 3. The molecule has 5 heteroatoms. The number of rotatable bonds is 3. The van der Waals surface area contributed by atoms with Crippen molar-refractivity contribution in [3.05, 3.63) is 53.9 Å². The van der Waals surface area contributed by atoms with Crippen molar-refractivity contribution in [3.8, 4) is 11.8 Å². The third-order valence-corrected chi connectivity index (χ3v) is 3.95. The Labute approximate surface area is 129 Å². The maximum absolute atomic E-state index is 10.1. The minimum atomic E-state index is -0.394. The molecule has 2 heterocycles. The number of aliphatic hydroxyl groups excluding tert-OH is 1. The van der Waals surface area contributed by atoms with Gasteiger partial charge in [0, 0.05) is 18.4 Å². The van der Waals surface area contributed by atoms with E-state index in [2.05, 4.69) is 16.0 Å². The van der Waals surface area contributed by atoms with Gasteiger partial charge in [-0.15, -0.1) is 0 Å². The summed E-state index contributed by atoms with van der Waals surface area (Å²) < 4.78 is 5.28. The fourth-order valence-electron chi connectivity index (χ4n) is 2.92. The Balaban J connectivity index is 1.96. The second-order valence-electron chi connectivity index (χ2n) is 5.35. The number of aromatic nitrogens is 1. The van der Waals surface area contributed by atoms with Crippen LogP contribution >= 0.6 is 0 Å². The highest BCUT2D eigenvalue weighted by Gasteiger charge is 2.32. The summed E-state index contributed by atoms with van der Waals surface area (Å²) >= 11 is 0. The average Bonchev–Trinajstić information content (AvgIpc) is 2.97. The summed E-state index contributed by atoms with van der Waals surface area (Å²) in [5, 5.41) is 19.1. The van der Waals surface area contributed by atoms with Crippen LogP contribution in [0.2, 0.25) is 0 Å². The number of hydrogen-bond acceptors (Lipinski definition) is 5. The Morgan fingerprint density at radius 3 is 3.00 bits per heavy atom. The van der Waals surface area contributed by atoms with Crippen LogP contribution in [0, 0.1) is 11.3 Å². The van der Waals surface area contributed by atoms with E-state index in [9.17, 15) is 5.11 Å². The highest BCUT2D eigenvalue weighted by Crippen LogP contribution is 2.37. The zero-order valence-electron chi connectivity index (χ0n) is 12.3. The van der Waals surface area contributed by atoms with E-state index in [1.54, 1.807) is 19.4 Å². The first-order valence-corrected chi connectivity index (χ1v) is 7.16. The molecule has 1 N–H and O–H groups in total. The average molecular weight is 295 g/mol. The summed E-state index contributed by atoms with van der Waals surface area (Å²) in [7, 11) is 1.64. The molecule has 5 nitrogen and oxygen atoms in total. The van der Waals surface area contributed by atoms with Gasteiger partial charge in [-0.25, -0.2) is 4.98 Å². The van der Waals surface area contributed by atoms with Crippen molar-refractivity contribution >= 4 is 5.69 Å². The smallest absolute Gasteiger partial charge is 0.142 e. The van der Waals surface area contributed by atoms with Crippen molar-refractivity contribution in [2.75, 3.05) is 18.6 Å². The van der Waals surface area contributed by atoms with Gasteiger partial charge in [-0.1, -0.05) is 12.1 Å².